The van der Waals surface area contributed by atoms with E-state index in [1.807, 2.05) is 47.7 Å². The number of piperidine rings is 1. The number of hydrogen-bond donors (Lipinski definition) is 1. The van der Waals surface area contributed by atoms with Gasteiger partial charge in [0.25, 0.3) is 0 Å². The van der Waals surface area contributed by atoms with E-state index in [4.69, 9.17) is 15.2 Å². The minimum absolute atomic E-state index is 0.0581. The highest BCUT2D eigenvalue weighted by molar-refractivity contribution is 6.04. The zero-order valence-electron chi connectivity index (χ0n) is 24.5. The van der Waals surface area contributed by atoms with Crippen LogP contribution in [0.15, 0.2) is 60.9 Å². The fourth-order valence-electron chi connectivity index (χ4n) is 5.83. The summed E-state index contributed by atoms with van der Waals surface area (Å²) >= 11 is 0. The van der Waals surface area contributed by atoms with Crippen LogP contribution < -0.4 is 15.2 Å². The molecule has 0 spiro atoms. The molecule has 2 aromatic heterocycles. The molecule has 1 saturated carbocycles. The molecule has 0 bridgehead atoms. The highest BCUT2D eigenvalue weighted by Crippen LogP contribution is 2.51. The number of likely N-dealkylation sites (tertiary alicyclic amines) is 1. The molecule has 2 N–H and O–H groups in total. The molecule has 3 heterocycles. The van der Waals surface area contributed by atoms with E-state index >= 15 is 0 Å². The maximum atomic E-state index is 13.7. The Morgan fingerprint density at radius 2 is 1.93 bits per heavy atom. The molecular weight excluding hydrogens is 547 g/mol. The van der Waals surface area contributed by atoms with Crippen LogP contribution in [0.3, 0.4) is 0 Å². The minimum Gasteiger partial charge on any atom is -0.496 e. The number of methoxy groups -OCH3 is 1. The Labute approximate surface area is 249 Å². The van der Waals surface area contributed by atoms with Gasteiger partial charge in [-0.1, -0.05) is 18.1 Å². The summed E-state index contributed by atoms with van der Waals surface area (Å²) < 4.78 is 27.3. The number of nitrogen functional groups attached to an aromatic ring is 1. The second kappa shape index (κ2) is 11.4. The molecule has 1 amide bonds. The quantitative estimate of drug-likeness (QED) is 0.257. The first-order chi connectivity index (χ1) is 20.7. The molecule has 10 heteroatoms. The lowest BCUT2D eigenvalue weighted by atomic mass is 10.0. The monoisotopic (exact) mass is 580 g/mol. The Morgan fingerprint density at radius 1 is 1.16 bits per heavy atom. The molecule has 9 nitrogen and oxygen atoms in total. The van der Waals surface area contributed by atoms with Crippen molar-refractivity contribution in [3.63, 3.8) is 0 Å². The molecule has 4 aromatic rings. The lowest BCUT2D eigenvalue weighted by Crippen LogP contribution is -2.30. The summed E-state index contributed by atoms with van der Waals surface area (Å²) in [5.74, 6) is 9.29. The van der Waals surface area contributed by atoms with E-state index in [1.54, 1.807) is 37.5 Å². The first kappa shape index (κ1) is 28.2. The summed E-state index contributed by atoms with van der Waals surface area (Å²) in [6.07, 6.45) is 5.00. The Balaban J connectivity index is 1.30. The van der Waals surface area contributed by atoms with Crippen molar-refractivity contribution >= 4 is 22.8 Å². The number of carbonyl (C=O) groups excluding carboxylic acids is 1. The van der Waals surface area contributed by atoms with Gasteiger partial charge in [0.15, 0.2) is 0 Å². The summed E-state index contributed by atoms with van der Waals surface area (Å²) in [5, 5.41) is 0.684. The Hall–Kier alpha value is -4.88. The second-order valence-electron chi connectivity index (χ2n) is 11.2. The fourth-order valence-corrected chi connectivity index (χ4v) is 5.83. The SMILES string of the molecule is COc1cc(Oc2cccc(F)c2)ccc1-c1c(C#CC2[C@H]3CN(C(=O)/C=C/CN(C)C)C[C@@H]23)n(C)c2ncnc(N)c12. The van der Waals surface area contributed by atoms with Crippen LogP contribution in [0.2, 0.25) is 0 Å². The third-order valence-electron chi connectivity index (χ3n) is 8.06. The number of aryl methyl sites for hydroxylation is 1. The van der Waals surface area contributed by atoms with Crippen molar-refractivity contribution in [2.24, 2.45) is 24.8 Å². The molecule has 3 atom stereocenters. The van der Waals surface area contributed by atoms with E-state index in [2.05, 4.69) is 21.8 Å². The van der Waals surface area contributed by atoms with Gasteiger partial charge in [0, 0.05) is 61.9 Å². The number of fused-ring (bicyclic) bond motifs is 2. The highest BCUT2D eigenvalue weighted by atomic mass is 19.1. The van der Waals surface area contributed by atoms with Crippen molar-refractivity contribution in [2.75, 3.05) is 46.6 Å². The summed E-state index contributed by atoms with van der Waals surface area (Å²) in [4.78, 5) is 25.3. The molecule has 1 saturated heterocycles. The number of benzene rings is 2. The molecule has 2 aliphatic rings. The lowest BCUT2D eigenvalue weighted by Gasteiger charge is -2.17. The van der Waals surface area contributed by atoms with Gasteiger partial charge in [-0.05, 0) is 56.1 Å². The van der Waals surface area contributed by atoms with E-state index in [-0.39, 0.29) is 17.6 Å². The molecule has 6 rings (SSSR count). The molecule has 1 unspecified atom stereocenters. The fraction of sp³-hybridized carbons (Fsp3) is 0.303. The van der Waals surface area contributed by atoms with E-state index < -0.39 is 0 Å². The number of anilines is 1. The Bertz CT molecular complexity index is 1790. The van der Waals surface area contributed by atoms with Crippen LogP contribution in [-0.4, -0.2) is 71.1 Å². The van der Waals surface area contributed by atoms with Gasteiger partial charge in [0.2, 0.25) is 5.91 Å². The number of ether oxygens (including phenoxy) is 2. The summed E-state index contributed by atoms with van der Waals surface area (Å²) in [7, 11) is 7.43. The number of nitrogens with two attached hydrogens (primary N) is 1. The van der Waals surface area contributed by atoms with Gasteiger partial charge in [-0.15, -0.1) is 0 Å². The van der Waals surface area contributed by atoms with E-state index in [1.165, 1.54) is 18.5 Å². The third kappa shape index (κ3) is 5.51. The summed E-state index contributed by atoms with van der Waals surface area (Å²) in [5.41, 5.74) is 9.31. The molecule has 1 aliphatic carbocycles. The maximum absolute atomic E-state index is 13.7. The van der Waals surface area contributed by atoms with Gasteiger partial charge < -0.3 is 29.6 Å². The van der Waals surface area contributed by atoms with Crippen molar-refractivity contribution in [1.82, 2.24) is 24.3 Å². The number of halogens is 1. The van der Waals surface area contributed by atoms with Crippen LogP contribution in [0.25, 0.3) is 22.2 Å². The second-order valence-corrected chi connectivity index (χ2v) is 11.2. The van der Waals surface area contributed by atoms with Crippen molar-refractivity contribution in [1.29, 1.82) is 0 Å². The molecule has 0 radical (unpaired) electrons. The summed E-state index contributed by atoms with van der Waals surface area (Å²) in [6, 6.07) is 11.4. The smallest absolute Gasteiger partial charge is 0.246 e. The van der Waals surface area contributed by atoms with Crippen molar-refractivity contribution < 1.29 is 18.7 Å². The van der Waals surface area contributed by atoms with E-state index in [0.29, 0.717) is 45.9 Å². The molecule has 1 aliphatic heterocycles. The topological polar surface area (TPSA) is 98.7 Å². The minimum atomic E-state index is -0.383. The number of amides is 1. The van der Waals surface area contributed by atoms with Gasteiger partial charge in [-0.2, -0.15) is 0 Å². The zero-order valence-corrected chi connectivity index (χ0v) is 24.5. The maximum Gasteiger partial charge on any atom is 0.246 e. The largest absolute Gasteiger partial charge is 0.496 e. The van der Waals surface area contributed by atoms with Crippen LogP contribution in [0.1, 0.15) is 5.69 Å². The first-order valence-electron chi connectivity index (χ1n) is 14.1. The number of aromatic nitrogens is 3. The first-order valence-corrected chi connectivity index (χ1v) is 14.1. The number of nitrogens with zero attached hydrogens (tertiary/aromatic N) is 5. The van der Waals surface area contributed by atoms with Crippen LogP contribution in [-0.2, 0) is 11.8 Å². The number of hydrogen-bond acceptors (Lipinski definition) is 7. The highest BCUT2D eigenvalue weighted by Gasteiger charge is 2.55. The van der Waals surface area contributed by atoms with Gasteiger partial charge in [0.05, 0.1) is 12.5 Å². The average Bonchev–Trinajstić information content (AvgIpc) is 3.28. The summed E-state index contributed by atoms with van der Waals surface area (Å²) in [6.45, 7) is 2.17. The number of likely N-dealkylation sites (N-methyl/N-ethyl adjacent to an activating group) is 1. The van der Waals surface area contributed by atoms with Crippen LogP contribution in [0.4, 0.5) is 10.2 Å². The molecule has 43 heavy (non-hydrogen) atoms. The average molecular weight is 581 g/mol. The third-order valence-corrected chi connectivity index (χ3v) is 8.06. The van der Waals surface area contributed by atoms with E-state index in [0.717, 1.165) is 36.5 Å². The molecule has 2 aromatic carbocycles. The lowest BCUT2D eigenvalue weighted by molar-refractivity contribution is -0.125. The molecular formula is C33H33FN6O3. The van der Waals surface area contributed by atoms with Crippen LogP contribution >= 0.6 is 0 Å². The Kier molecular flexibility index (Phi) is 7.50. The molecule has 220 valence electrons. The van der Waals surface area contributed by atoms with Gasteiger partial charge >= 0.3 is 0 Å². The standard InChI is InChI=1S/C33H33FN6O3/c1-38(2)14-6-9-29(41)40-17-25-23(26(25)18-40)12-13-27-30(31-32(35)36-19-37-33(31)39(27)3)24-11-10-22(16-28(24)42-4)43-21-8-5-7-20(34)15-21/h5-11,15-16,19,23,25-26H,14,17-18H2,1-4H3,(H2,35,36,37)/b9-6+/t23?,25-,26+. The van der Waals surface area contributed by atoms with Crippen LogP contribution in [0.5, 0.6) is 17.2 Å². The normalized spacial score (nSPS) is 19.0. The zero-order chi connectivity index (χ0) is 30.2. The van der Waals surface area contributed by atoms with Gasteiger partial charge in [-0.25, -0.2) is 14.4 Å². The van der Waals surface area contributed by atoms with Gasteiger partial charge in [0.1, 0.15) is 46.6 Å². The van der Waals surface area contributed by atoms with Crippen molar-refractivity contribution in [3.05, 3.63) is 72.5 Å². The van der Waals surface area contributed by atoms with Crippen molar-refractivity contribution in [2.45, 2.75) is 0 Å². The number of carbonyl (C=O) groups is 1. The Morgan fingerprint density at radius 3 is 2.65 bits per heavy atom. The predicted octanol–water partition coefficient (Wildman–Crippen LogP) is 4.33. The predicted molar refractivity (Wildman–Crippen MR) is 163 cm³/mol. The number of rotatable bonds is 7. The van der Waals surface area contributed by atoms with Crippen molar-refractivity contribution in [3.8, 4) is 40.2 Å². The van der Waals surface area contributed by atoms with E-state index in [9.17, 15) is 9.18 Å². The molecule has 2 fully saturated rings. The van der Waals surface area contributed by atoms with Gasteiger partial charge in [-0.3, -0.25) is 4.79 Å². The van der Waals surface area contributed by atoms with Crippen LogP contribution in [0, 0.1) is 35.4 Å².